The number of carbonyl (C=O) groups is 2. The Hall–Kier alpha value is -0.900. The van der Waals surface area contributed by atoms with Gasteiger partial charge in [-0.3, -0.25) is 9.59 Å². The summed E-state index contributed by atoms with van der Waals surface area (Å²) in [6.45, 7) is 8.06. The van der Waals surface area contributed by atoms with Crippen LogP contribution in [0.1, 0.15) is 66.2 Å². The van der Waals surface area contributed by atoms with Crippen LogP contribution < -0.4 is 10.6 Å². The molecule has 1 rings (SSSR count). The molecule has 1 unspecified atom stereocenters. The second-order valence-corrected chi connectivity index (χ2v) is 6.55. The molecule has 1 amide bonds. The van der Waals surface area contributed by atoms with E-state index in [-0.39, 0.29) is 23.4 Å². The Morgan fingerprint density at radius 1 is 1.21 bits per heavy atom. The van der Waals surface area contributed by atoms with E-state index in [1.807, 2.05) is 27.7 Å². The van der Waals surface area contributed by atoms with Gasteiger partial charge in [-0.15, -0.1) is 0 Å². The van der Waals surface area contributed by atoms with Gasteiger partial charge in [0, 0.05) is 11.6 Å². The average Bonchev–Trinajstić information content (AvgIpc) is 2.78. The third-order valence-corrected chi connectivity index (χ3v) is 3.42. The molecule has 110 valence electrons. The Labute approximate surface area is 116 Å². The maximum absolute atomic E-state index is 12.2. The standard InChI is InChI=1S/C15H28N2O2/c1-5-8-12(17-15(2,3)4)13(18)14(19)16-11-9-6-7-10-11/h11-12,17H,5-10H2,1-4H3,(H,16,19). The molecule has 0 spiro atoms. The van der Waals surface area contributed by atoms with E-state index in [4.69, 9.17) is 0 Å². The summed E-state index contributed by atoms with van der Waals surface area (Å²) in [6, 6.07) is -0.167. The highest BCUT2D eigenvalue weighted by molar-refractivity contribution is 6.38. The predicted octanol–water partition coefficient (Wildman–Crippen LogP) is 2.17. The highest BCUT2D eigenvalue weighted by Crippen LogP contribution is 2.17. The van der Waals surface area contributed by atoms with Crippen LogP contribution in [-0.2, 0) is 9.59 Å². The lowest BCUT2D eigenvalue weighted by molar-refractivity contribution is -0.139. The first kappa shape index (κ1) is 16.2. The molecule has 4 nitrogen and oxygen atoms in total. The Kier molecular flexibility index (Phi) is 5.98. The fourth-order valence-electron chi connectivity index (χ4n) is 2.57. The van der Waals surface area contributed by atoms with E-state index in [2.05, 4.69) is 10.6 Å². The zero-order chi connectivity index (χ0) is 14.5. The smallest absolute Gasteiger partial charge is 0.289 e. The maximum Gasteiger partial charge on any atom is 0.289 e. The van der Waals surface area contributed by atoms with Gasteiger partial charge in [0.05, 0.1) is 6.04 Å². The number of amides is 1. The number of nitrogens with one attached hydrogen (secondary N) is 2. The third kappa shape index (κ3) is 5.72. The summed E-state index contributed by atoms with van der Waals surface area (Å²) >= 11 is 0. The summed E-state index contributed by atoms with van der Waals surface area (Å²) in [6.07, 6.45) is 5.90. The first-order valence-corrected chi connectivity index (χ1v) is 7.46. The van der Waals surface area contributed by atoms with Crippen LogP contribution in [0.3, 0.4) is 0 Å². The fraction of sp³-hybridized carbons (Fsp3) is 0.867. The fourth-order valence-corrected chi connectivity index (χ4v) is 2.57. The predicted molar refractivity (Wildman–Crippen MR) is 77.0 cm³/mol. The molecular formula is C15H28N2O2. The van der Waals surface area contributed by atoms with Gasteiger partial charge >= 0.3 is 0 Å². The van der Waals surface area contributed by atoms with Crippen LogP contribution in [0.15, 0.2) is 0 Å². The lowest BCUT2D eigenvalue weighted by atomic mass is 10.0. The van der Waals surface area contributed by atoms with Crippen molar-refractivity contribution in [2.45, 2.75) is 83.8 Å². The van der Waals surface area contributed by atoms with Crippen molar-refractivity contribution >= 4 is 11.7 Å². The normalized spacial score (nSPS) is 18.3. The number of hydrogen-bond donors (Lipinski definition) is 2. The number of carbonyl (C=O) groups excluding carboxylic acids is 2. The van der Waals surface area contributed by atoms with Gasteiger partial charge in [-0.1, -0.05) is 26.2 Å². The van der Waals surface area contributed by atoms with Crippen molar-refractivity contribution in [3.05, 3.63) is 0 Å². The largest absolute Gasteiger partial charge is 0.347 e. The molecule has 1 aliphatic rings. The van der Waals surface area contributed by atoms with Crippen molar-refractivity contribution < 1.29 is 9.59 Å². The Bertz CT molecular complexity index is 315. The molecule has 0 aromatic carbocycles. The molecule has 0 saturated heterocycles. The minimum atomic E-state index is -0.415. The zero-order valence-electron chi connectivity index (χ0n) is 12.7. The second kappa shape index (κ2) is 7.04. The SMILES string of the molecule is CCCC(NC(C)(C)C)C(=O)C(=O)NC1CCCC1. The highest BCUT2D eigenvalue weighted by atomic mass is 16.2. The molecule has 0 bridgehead atoms. The van der Waals surface area contributed by atoms with Crippen molar-refractivity contribution in [3.63, 3.8) is 0 Å². The summed E-state index contributed by atoms with van der Waals surface area (Å²) in [5.41, 5.74) is -0.164. The van der Waals surface area contributed by atoms with E-state index in [9.17, 15) is 9.59 Å². The monoisotopic (exact) mass is 268 g/mol. The summed E-state index contributed by atoms with van der Waals surface area (Å²) in [5.74, 6) is -0.731. The lowest BCUT2D eigenvalue weighted by Crippen LogP contribution is -2.52. The van der Waals surface area contributed by atoms with Crippen molar-refractivity contribution in [1.82, 2.24) is 10.6 Å². The van der Waals surface area contributed by atoms with Crippen LogP contribution in [-0.4, -0.2) is 29.3 Å². The summed E-state index contributed by atoms with van der Waals surface area (Å²) < 4.78 is 0. The Balaban J connectivity index is 2.56. The molecule has 0 aromatic rings. The van der Waals surface area contributed by atoms with Gasteiger partial charge in [-0.05, 0) is 40.0 Å². The van der Waals surface area contributed by atoms with E-state index in [0.29, 0.717) is 6.42 Å². The van der Waals surface area contributed by atoms with Gasteiger partial charge in [0.1, 0.15) is 0 Å². The molecule has 1 fully saturated rings. The zero-order valence-corrected chi connectivity index (χ0v) is 12.7. The van der Waals surface area contributed by atoms with E-state index in [1.54, 1.807) is 0 Å². The molecule has 4 heteroatoms. The van der Waals surface area contributed by atoms with Gasteiger partial charge < -0.3 is 10.6 Å². The van der Waals surface area contributed by atoms with Crippen LogP contribution in [0.4, 0.5) is 0 Å². The van der Waals surface area contributed by atoms with Crippen molar-refractivity contribution in [2.24, 2.45) is 0 Å². The summed E-state index contributed by atoms with van der Waals surface area (Å²) in [5, 5.41) is 6.13. The molecule has 0 aromatic heterocycles. The Morgan fingerprint density at radius 3 is 2.26 bits per heavy atom. The van der Waals surface area contributed by atoms with E-state index in [1.165, 1.54) is 0 Å². The number of ketones is 1. The molecule has 0 aliphatic heterocycles. The van der Waals surface area contributed by atoms with Crippen molar-refractivity contribution in [1.29, 1.82) is 0 Å². The quantitative estimate of drug-likeness (QED) is 0.726. The van der Waals surface area contributed by atoms with Crippen LogP contribution in [0.25, 0.3) is 0 Å². The molecular weight excluding hydrogens is 240 g/mol. The average molecular weight is 268 g/mol. The number of Topliss-reactive ketones (excluding diaryl/α,β-unsaturated/α-hetero) is 1. The Morgan fingerprint density at radius 2 is 1.79 bits per heavy atom. The molecule has 2 N–H and O–H groups in total. The van der Waals surface area contributed by atoms with Gasteiger partial charge in [-0.25, -0.2) is 0 Å². The van der Waals surface area contributed by atoms with Gasteiger partial charge in [0.2, 0.25) is 5.78 Å². The third-order valence-electron chi connectivity index (χ3n) is 3.42. The molecule has 1 saturated carbocycles. The topological polar surface area (TPSA) is 58.2 Å². The maximum atomic E-state index is 12.2. The lowest BCUT2D eigenvalue weighted by Gasteiger charge is -2.27. The minimum Gasteiger partial charge on any atom is -0.347 e. The van der Waals surface area contributed by atoms with E-state index < -0.39 is 5.91 Å². The molecule has 19 heavy (non-hydrogen) atoms. The van der Waals surface area contributed by atoms with Crippen molar-refractivity contribution in [3.8, 4) is 0 Å². The molecule has 0 heterocycles. The van der Waals surface area contributed by atoms with Crippen LogP contribution >= 0.6 is 0 Å². The summed E-state index contributed by atoms with van der Waals surface area (Å²) in [7, 11) is 0. The summed E-state index contributed by atoms with van der Waals surface area (Å²) in [4.78, 5) is 24.2. The highest BCUT2D eigenvalue weighted by Gasteiger charge is 2.29. The minimum absolute atomic E-state index is 0.164. The van der Waals surface area contributed by atoms with Gasteiger partial charge in [-0.2, -0.15) is 0 Å². The van der Waals surface area contributed by atoms with Crippen LogP contribution in [0.2, 0.25) is 0 Å². The molecule has 0 radical (unpaired) electrons. The van der Waals surface area contributed by atoms with E-state index >= 15 is 0 Å². The van der Waals surface area contributed by atoms with Crippen LogP contribution in [0.5, 0.6) is 0 Å². The van der Waals surface area contributed by atoms with Crippen molar-refractivity contribution in [2.75, 3.05) is 0 Å². The molecule has 1 aliphatic carbocycles. The van der Waals surface area contributed by atoms with E-state index in [0.717, 1.165) is 32.1 Å². The number of rotatable bonds is 6. The van der Waals surface area contributed by atoms with Crippen LogP contribution in [0, 0.1) is 0 Å². The molecule has 1 atom stereocenters. The first-order chi connectivity index (χ1) is 8.83. The first-order valence-electron chi connectivity index (χ1n) is 7.46. The number of hydrogen-bond acceptors (Lipinski definition) is 3. The second-order valence-electron chi connectivity index (χ2n) is 6.55. The van der Waals surface area contributed by atoms with Gasteiger partial charge in [0.15, 0.2) is 0 Å². The van der Waals surface area contributed by atoms with Gasteiger partial charge in [0.25, 0.3) is 5.91 Å².